The number of amides is 1. The molecule has 0 bridgehead atoms. The molecule has 0 radical (unpaired) electrons. The lowest BCUT2D eigenvalue weighted by molar-refractivity contribution is 0.0997. The molecule has 4 aromatic rings. The van der Waals surface area contributed by atoms with Gasteiger partial charge in [-0.2, -0.15) is 0 Å². The van der Waals surface area contributed by atoms with Gasteiger partial charge in [-0.05, 0) is 45.4 Å². The van der Waals surface area contributed by atoms with E-state index in [9.17, 15) is 9.59 Å². The van der Waals surface area contributed by atoms with Gasteiger partial charge in [-0.25, -0.2) is 4.98 Å². The van der Waals surface area contributed by atoms with Crippen LogP contribution in [0.5, 0.6) is 0 Å². The van der Waals surface area contributed by atoms with E-state index in [0.29, 0.717) is 16.1 Å². The Bertz CT molecular complexity index is 1310. The van der Waals surface area contributed by atoms with Gasteiger partial charge in [0.25, 0.3) is 5.91 Å². The lowest BCUT2D eigenvalue weighted by Gasteiger charge is -2.07. The van der Waals surface area contributed by atoms with Gasteiger partial charge in [0.05, 0.1) is 11.1 Å². The maximum atomic E-state index is 12.7. The summed E-state index contributed by atoms with van der Waals surface area (Å²) in [5.41, 5.74) is 5.34. The number of nitrogens with zero attached hydrogens (tertiary/aromatic N) is 2. The van der Waals surface area contributed by atoms with Crippen LogP contribution in [0.2, 0.25) is 0 Å². The predicted octanol–water partition coefficient (Wildman–Crippen LogP) is 5.31. The number of benzene rings is 1. The summed E-state index contributed by atoms with van der Waals surface area (Å²) in [6, 6.07) is 8.65. The topological polar surface area (TPSA) is 77.1 Å². The highest BCUT2D eigenvalue weighted by molar-refractivity contribution is 7.14. The normalized spacial score (nSPS) is 11.2. The van der Waals surface area contributed by atoms with Crippen molar-refractivity contribution in [3.05, 3.63) is 68.6 Å². The summed E-state index contributed by atoms with van der Waals surface area (Å²) in [6.45, 7) is 9.19. The first-order valence-corrected chi connectivity index (χ1v) is 10.7. The number of anilines is 1. The zero-order chi connectivity index (χ0) is 21.4. The Morgan fingerprint density at radius 1 is 1.20 bits per heavy atom. The van der Waals surface area contributed by atoms with Crippen LogP contribution in [0.3, 0.4) is 0 Å². The van der Waals surface area contributed by atoms with E-state index in [1.807, 2.05) is 18.4 Å². The molecular weight excluding hydrogens is 398 g/mol. The second-order valence-corrected chi connectivity index (χ2v) is 8.26. The maximum Gasteiger partial charge on any atom is 0.293 e. The van der Waals surface area contributed by atoms with Crippen LogP contribution in [0.25, 0.3) is 22.2 Å². The molecule has 0 fully saturated rings. The lowest BCUT2D eigenvalue weighted by Crippen LogP contribution is -2.14. The second kappa shape index (κ2) is 7.91. The molecule has 0 saturated carbocycles. The van der Waals surface area contributed by atoms with Crippen molar-refractivity contribution in [2.45, 2.75) is 40.7 Å². The zero-order valence-corrected chi connectivity index (χ0v) is 18.2. The molecule has 0 unspecified atom stereocenters. The van der Waals surface area contributed by atoms with Crippen LogP contribution >= 0.6 is 11.3 Å². The highest BCUT2D eigenvalue weighted by Crippen LogP contribution is 2.30. The molecule has 1 aromatic carbocycles. The number of carbonyl (C=O) groups is 1. The SMILES string of the molecule is CCCn1c(C)cc(-c2csc(NC(=O)c3cc(=O)c4cc(C)ccc4o3)n2)c1C. The maximum absolute atomic E-state index is 12.7. The van der Waals surface area contributed by atoms with E-state index in [0.717, 1.165) is 35.5 Å². The molecule has 0 aliphatic heterocycles. The fourth-order valence-electron chi connectivity index (χ4n) is 3.62. The number of nitrogens with one attached hydrogen (secondary N) is 1. The third kappa shape index (κ3) is 3.68. The van der Waals surface area contributed by atoms with Crippen molar-refractivity contribution in [2.75, 3.05) is 5.32 Å². The van der Waals surface area contributed by atoms with Crippen molar-refractivity contribution >= 4 is 33.3 Å². The number of aromatic nitrogens is 2. The Hall–Kier alpha value is -3.19. The summed E-state index contributed by atoms with van der Waals surface area (Å²) in [7, 11) is 0. The standard InChI is InChI=1S/C23H23N3O3S/c1-5-8-26-14(3)10-16(15(26)4)18-12-30-23(24-18)25-22(28)21-11-19(27)17-9-13(2)6-7-20(17)29-21/h6-7,9-12H,5,8H2,1-4H3,(H,24,25,28). The lowest BCUT2D eigenvalue weighted by atomic mass is 10.1. The van der Waals surface area contributed by atoms with Crippen molar-refractivity contribution in [3.63, 3.8) is 0 Å². The quantitative estimate of drug-likeness (QED) is 0.474. The molecule has 4 rings (SSSR count). The first-order chi connectivity index (χ1) is 14.4. The second-order valence-electron chi connectivity index (χ2n) is 7.40. The summed E-state index contributed by atoms with van der Waals surface area (Å²) in [5.74, 6) is -0.527. The van der Waals surface area contributed by atoms with Crippen LogP contribution in [-0.2, 0) is 6.54 Å². The van der Waals surface area contributed by atoms with Crippen molar-refractivity contribution in [2.24, 2.45) is 0 Å². The molecule has 0 spiro atoms. The van der Waals surface area contributed by atoms with Gasteiger partial charge in [-0.1, -0.05) is 18.6 Å². The minimum atomic E-state index is -0.494. The van der Waals surface area contributed by atoms with Crippen molar-refractivity contribution in [1.29, 1.82) is 0 Å². The van der Waals surface area contributed by atoms with Crippen molar-refractivity contribution in [3.8, 4) is 11.3 Å². The monoisotopic (exact) mass is 421 g/mol. The number of hydrogen-bond acceptors (Lipinski definition) is 5. The van der Waals surface area contributed by atoms with Gasteiger partial charge in [-0.3, -0.25) is 14.9 Å². The average Bonchev–Trinajstić information content (AvgIpc) is 3.28. The van der Waals surface area contributed by atoms with Gasteiger partial charge in [-0.15, -0.1) is 11.3 Å². The zero-order valence-electron chi connectivity index (χ0n) is 17.4. The smallest absolute Gasteiger partial charge is 0.293 e. The molecule has 6 nitrogen and oxygen atoms in total. The van der Waals surface area contributed by atoms with Gasteiger partial charge in [0.15, 0.2) is 16.3 Å². The molecule has 3 aromatic heterocycles. The number of hydrogen-bond donors (Lipinski definition) is 1. The summed E-state index contributed by atoms with van der Waals surface area (Å²) >= 11 is 1.34. The van der Waals surface area contributed by atoms with E-state index in [4.69, 9.17) is 4.42 Å². The molecule has 7 heteroatoms. The van der Waals surface area contributed by atoms with E-state index in [1.165, 1.54) is 23.1 Å². The first-order valence-electron chi connectivity index (χ1n) is 9.86. The van der Waals surface area contributed by atoms with Crippen LogP contribution in [-0.4, -0.2) is 15.5 Å². The number of rotatable bonds is 5. The number of carbonyl (C=O) groups excluding carboxylic acids is 1. The van der Waals surface area contributed by atoms with E-state index >= 15 is 0 Å². The third-order valence-electron chi connectivity index (χ3n) is 5.13. The van der Waals surface area contributed by atoms with Crippen molar-refractivity contribution in [1.82, 2.24) is 9.55 Å². The number of fused-ring (bicyclic) bond motifs is 1. The van der Waals surface area contributed by atoms with Crippen LogP contribution in [0.4, 0.5) is 5.13 Å². The highest BCUT2D eigenvalue weighted by Gasteiger charge is 2.17. The van der Waals surface area contributed by atoms with E-state index in [-0.39, 0.29) is 11.2 Å². The Morgan fingerprint density at radius 2 is 2.00 bits per heavy atom. The molecule has 0 aliphatic carbocycles. The van der Waals surface area contributed by atoms with Crippen LogP contribution in [0.1, 0.15) is 40.9 Å². The summed E-state index contributed by atoms with van der Waals surface area (Å²) in [4.78, 5) is 29.6. The van der Waals surface area contributed by atoms with Gasteiger partial charge in [0.2, 0.25) is 0 Å². The fourth-order valence-corrected chi connectivity index (χ4v) is 4.33. The van der Waals surface area contributed by atoms with Crippen LogP contribution in [0, 0.1) is 20.8 Å². The fraction of sp³-hybridized carbons (Fsp3) is 0.261. The summed E-state index contributed by atoms with van der Waals surface area (Å²) in [5, 5.41) is 5.59. The molecular formula is C23H23N3O3S. The molecule has 0 aliphatic rings. The summed E-state index contributed by atoms with van der Waals surface area (Å²) in [6.07, 6.45) is 1.06. The Kier molecular flexibility index (Phi) is 5.30. The Morgan fingerprint density at radius 3 is 2.77 bits per heavy atom. The number of thiazole rings is 1. The van der Waals surface area contributed by atoms with Gasteiger partial charge in [0, 0.05) is 34.9 Å². The minimum absolute atomic E-state index is 0.0331. The molecule has 30 heavy (non-hydrogen) atoms. The van der Waals surface area contributed by atoms with Gasteiger partial charge >= 0.3 is 0 Å². The minimum Gasteiger partial charge on any atom is -0.451 e. The molecule has 0 atom stereocenters. The van der Waals surface area contributed by atoms with E-state index < -0.39 is 5.91 Å². The average molecular weight is 422 g/mol. The molecule has 154 valence electrons. The number of aryl methyl sites for hydroxylation is 2. The third-order valence-corrected chi connectivity index (χ3v) is 5.89. The van der Waals surface area contributed by atoms with Crippen molar-refractivity contribution < 1.29 is 9.21 Å². The van der Waals surface area contributed by atoms with E-state index in [2.05, 4.69) is 41.7 Å². The van der Waals surface area contributed by atoms with Crippen LogP contribution in [0.15, 0.2) is 44.9 Å². The Labute approximate surface area is 178 Å². The molecule has 0 saturated heterocycles. The highest BCUT2D eigenvalue weighted by atomic mass is 32.1. The van der Waals surface area contributed by atoms with Crippen LogP contribution < -0.4 is 10.7 Å². The largest absolute Gasteiger partial charge is 0.451 e. The van der Waals surface area contributed by atoms with Gasteiger partial charge < -0.3 is 8.98 Å². The molecule has 1 N–H and O–H groups in total. The predicted molar refractivity (Wildman–Crippen MR) is 120 cm³/mol. The molecule has 3 heterocycles. The summed E-state index contributed by atoms with van der Waals surface area (Å²) < 4.78 is 7.93. The van der Waals surface area contributed by atoms with Gasteiger partial charge in [0.1, 0.15) is 5.58 Å². The van der Waals surface area contributed by atoms with E-state index in [1.54, 1.807) is 12.1 Å². The Balaban J connectivity index is 1.59. The first kappa shape index (κ1) is 20.1. The molecule has 1 amide bonds.